The van der Waals surface area contributed by atoms with Gasteiger partial charge >= 0.3 is 0 Å². The van der Waals surface area contributed by atoms with E-state index in [-0.39, 0.29) is 11.9 Å². The van der Waals surface area contributed by atoms with Crippen LogP contribution in [-0.2, 0) is 6.42 Å². The standard InChI is InChI=1S/C20H25N3O2/c24-20(18-14-25-19(22-18)17-7-4-10-21-17)23-11-8-16(9-12-23)13-15-5-2-1-3-6-15/h1-3,5-6,14,16-17,21H,4,7-13H2. The van der Waals surface area contributed by atoms with Gasteiger partial charge in [0.25, 0.3) is 5.91 Å². The lowest BCUT2D eigenvalue weighted by Gasteiger charge is -2.31. The predicted octanol–water partition coefficient (Wildman–Crippen LogP) is 3.19. The fourth-order valence-corrected chi connectivity index (χ4v) is 3.89. The van der Waals surface area contributed by atoms with Crippen molar-refractivity contribution in [1.82, 2.24) is 15.2 Å². The van der Waals surface area contributed by atoms with E-state index in [4.69, 9.17) is 4.42 Å². The van der Waals surface area contributed by atoms with Crippen LogP contribution in [0.25, 0.3) is 0 Å². The van der Waals surface area contributed by atoms with E-state index in [1.165, 1.54) is 11.8 Å². The van der Waals surface area contributed by atoms with E-state index >= 15 is 0 Å². The molecule has 25 heavy (non-hydrogen) atoms. The van der Waals surface area contributed by atoms with Crippen LogP contribution in [0.15, 0.2) is 41.0 Å². The van der Waals surface area contributed by atoms with E-state index in [1.54, 1.807) is 0 Å². The largest absolute Gasteiger partial charge is 0.446 e. The summed E-state index contributed by atoms with van der Waals surface area (Å²) in [5, 5.41) is 3.35. The van der Waals surface area contributed by atoms with Crippen LogP contribution in [-0.4, -0.2) is 35.4 Å². The van der Waals surface area contributed by atoms with E-state index in [9.17, 15) is 4.79 Å². The first-order chi connectivity index (χ1) is 12.3. The molecule has 4 rings (SSSR count). The number of carbonyl (C=O) groups is 1. The van der Waals surface area contributed by atoms with Crippen molar-refractivity contribution in [2.24, 2.45) is 5.92 Å². The molecule has 2 aliphatic rings. The number of aromatic nitrogens is 1. The SMILES string of the molecule is O=C(c1coc(C2CCCN2)n1)N1CCC(Cc2ccccc2)CC1. The molecular formula is C20H25N3O2. The molecule has 2 aliphatic heterocycles. The molecule has 1 N–H and O–H groups in total. The second kappa shape index (κ2) is 7.40. The van der Waals surface area contributed by atoms with Gasteiger partial charge in [-0.25, -0.2) is 4.98 Å². The Labute approximate surface area is 148 Å². The molecule has 5 heteroatoms. The zero-order valence-corrected chi connectivity index (χ0v) is 14.5. The van der Waals surface area contributed by atoms with Crippen LogP contribution in [0.1, 0.15) is 53.7 Å². The van der Waals surface area contributed by atoms with Gasteiger partial charge in [-0.2, -0.15) is 0 Å². The molecule has 0 bridgehead atoms. The fourth-order valence-electron chi connectivity index (χ4n) is 3.89. The molecule has 1 aromatic heterocycles. The van der Waals surface area contributed by atoms with Crippen molar-refractivity contribution in [3.8, 4) is 0 Å². The number of hydrogen-bond donors (Lipinski definition) is 1. The Balaban J connectivity index is 1.32. The lowest BCUT2D eigenvalue weighted by Crippen LogP contribution is -2.39. The molecule has 1 unspecified atom stereocenters. The Morgan fingerprint density at radius 2 is 2.00 bits per heavy atom. The summed E-state index contributed by atoms with van der Waals surface area (Å²) in [4.78, 5) is 19.0. The normalized spacial score (nSPS) is 21.6. The maximum Gasteiger partial charge on any atom is 0.275 e. The maximum atomic E-state index is 12.7. The number of nitrogens with zero attached hydrogens (tertiary/aromatic N) is 2. The second-order valence-electron chi connectivity index (χ2n) is 7.15. The number of nitrogens with one attached hydrogen (secondary N) is 1. The summed E-state index contributed by atoms with van der Waals surface area (Å²) in [7, 11) is 0. The minimum atomic E-state index is 0.00570. The van der Waals surface area contributed by atoms with Crippen molar-refractivity contribution in [3.05, 3.63) is 53.7 Å². The van der Waals surface area contributed by atoms with E-state index in [0.29, 0.717) is 17.5 Å². The van der Waals surface area contributed by atoms with Crippen LogP contribution in [0.3, 0.4) is 0 Å². The zero-order valence-electron chi connectivity index (χ0n) is 14.5. The van der Waals surface area contributed by atoms with E-state index in [2.05, 4.69) is 40.6 Å². The van der Waals surface area contributed by atoms with Crippen molar-refractivity contribution in [2.75, 3.05) is 19.6 Å². The number of hydrogen-bond acceptors (Lipinski definition) is 4. The van der Waals surface area contributed by atoms with Gasteiger partial charge < -0.3 is 14.6 Å². The minimum Gasteiger partial charge on any atom is -0.446 e. The number of oxazole rings is 1. The molecular weight excluding hydrogens is 314 g/mol. The van der Waals surface area contributed by atoms with Crippen LogP contribution in [0, 0.1) is 5.92 Å². The Kier molecular flexibility index (Phi) is 4.83. The molecule has 1 aromatic carbocycles. The average molecular weight is 339 g/mol. The third-order valence-electron chi connectivity index (χ3n) is 5.37. The van der Waals surface area contributed by atoms with Gasteiger partial charge in [0.15, 0.2) is 5.69 Å². The Morgan fingerprint density at radius 1 is 1.20 bits per heavy atom. The highest BCUT2D eigenvalue weighted by molar-refractivity contribution is 5.92. The first kappa shape index (κ1) is 16.3. The van der Waals surface area contributed by atoms with Gasteiger partial charge in [-0.1, -0.05) is 30.3 Å². The third kappa shape index (κ3) is 3.76. The molecule has 3 heterocycles. The molecule has 0 saturated carbocycles. The van der Waals surface area contributed by atoms with Crippen molar-refractivity contribution in [1.29, 1.82) is 0 Å². The predicted molar refractivity (Wildman–Crippen MR) is 95.3 cm³/mol. The lowest BCUT2D eigenvalue weighted by atomic mass is 9.90. The van der Waals surface area contributed by atoms with Gasteiger partial charge in [0.2, 0.25) is 5.89 Å². The van der Waals surface area contributed by atoms with Crippen LogP contribution in [0.5, 0.6) is 0 Å². The molecule has 1 atom stereocenters. The van der Waals surface area contributed by atoms with E-state index in [0.717, 1.165) is 51.7 Å². The van der Waals surface area contributed by atoms with Gasteiger partial charge in [0.05, 0.1) is 6.04 Å². The van der Waals surface area contributed by atoms with Crippen LogP contribution >= 0.6 is 0 Å². The second-order valence-corrected chi connectivity index (χ2v) is 7.15. The quantitative estimate of drug-likeness (QED) is 0.929. The number of amides is 1. The number of carbonyl (C=O) groups excluding carboxylic acids is 1. The van der Waals surface area contributed by atoms with Gasteiger partial charge in [0.1, 0.15) is 6.26 Å². The van der Waals surface area contributed by atoms with Crippen LogP contribution < -0.4 is 5.32 Å². The fraction of sp³-hybridized carbons (Fsp3) is 0.500. The average Bonchev–Trinajstić information content (AvgIpc) is 3.34. The minimum absolute atomic E-state index is 0.00570. The number of rotatable bonds is 4. The Bertz CT molecular complexity index is 699. The Hall–Kier alpha value is -2.14. The highest BCUT2D eigenvalue weighted by atomic mass is 16.3. The molecule has 0 radical (unpaired) electrons. The molecule has 0 aliphatic carbocycles. The smallest absolute Gasteiger partial charge is 0.275 e. The highest BCUT2D eigenvalue weighted by Crippen LogP contribution is 2.25. The van der Waals surface area contributed by atoms with Gasteiger partial charge in [0, 0.05) is 13.1 Å². The van der Waals surface area contributed by atoms with Crippen LogP contribution in [0.4, 0.5) is 0 Å². The molecule has 132 valence electrons. The number of likely N-dealkylation sites (tertiary alicyclic amines) is 1. The van der Waals surface area contributed by atoms with E-state index < -0.39 is 0 Å². The van der Waals surface area contributed by atoms with Gasteiger partial charge in [-0.15, -0.1) is 0 Å². The van der Waals surface area contributed by atoms with Crippen molar-refractivity contribution in [3.63, 3.8) is 0 Å². The van der Waals surface area contributed by atoms with Crippen LogP contribution in [0.2, 0.25) is 0 Å². The van der Waals surface area contributed by atoms with Crippen molar-refractivity contribution >= 4 is 5.91 Å². The first-order valence-electron chi connectivity index (χ1n) is 9.31. The van der Waals surface area contributed by atoms with E-state index in [1.807, 2.05) is 4.90 Å². The zero-order chi connectivity index (χ0) is 17.1. The molecule has 0 spiro atoms. The lowest BCUT2D eigenvalue weighted by molar-refractivity contribution is 0.0684. The molecule has 2 saturated heterocycles. The summed E-state index contributed by atoms with van der Waals surface area (Å²) in [6.07, 6.45) is 6.88. The summed E-state index contributed by atoms with van der Waals surface area (Å²) in [5.41, 5.74) is 1.84. The molecule has 5 nitrogen and oxygen atoms in total. The third-order valence-corrected chi connectivity index (χ3v) is 5.37. The first-order valence-corrected chi connectivity index (χ1v) is 9.31. The van der Waals surface area contributed by atoms with Crippen molar-refractivity contribution < 1.29 is 9.21 Å². The summed E-state index contributed by atoms with van der Waals surface area (Å²) in [5.74, 6) is 1.31. The molecule has 2 aromatic rings. The van der Waals surface area contributed by atoms with Gasteiger partial charge in [-0.05, 0) is 50.1 Å². The maximum absolute atomic E-state index is 12.7. The molecule has 1 amide bonds. The summed E-state index contributed by atoms with van der Waals surface area (Å²) in [6, 6.07) is 10.8. The topological polar surface area (TPSA) is 58.4 Å². The summed E-state index contributed by atoms with van der Waals surface area (Å²) < 4.78 is 5.54. The Morgan fingerprint density at radius 3 is 2.72 bits per heavy atom. The number of piperidine rings is 1. The van der Waals surface area contributed by atoms with Crippen molar-refractivity contribution in [2.45, 2.75) is 38.1 Å². The number of benzene rings is 1. The highest BCUT2D eigenvalue weighted by Gasteiger charge is 2.27. The molecule has 2 fully saturated rings. The summed E-state index contributed by atoms with van der Waals surface area (Å²) >= 11 is 0. The summed E-state index contributed by atoms with van der Waals surface area (Å²) in [6.45, 7) is 2.60. The monoisotopic (exact) mass is 339 g/mol. The van der Waals surface area contributed by atoms with Gasteiger partial charge in [-0.3, -0.25) is 4.79 Å².